The van der Waals surface area contributed by atoms with Crippen molar-refractivity contribution in [1.29, 1.82) is 0 Å². The van der Waals surface area contributed by atoms with Crippen LogP contribution >= 0.6 is 0 Å². The van der Waals surface area contributed by atoms with Gasteiger partial charge in [0, 0.05) is 0 Å². The topological polar surface area (TPSA) is 0 Å². The van der Waals surface area contributed by atoms with Crippen LogP contribution in [0.3, 0.4) is 0 Å². The van der Waals surface area contributed by atoms with Gasteiger partial charge in [-0.05, 0) is 0 Å². The number of allylic oxidation sites excluding steroid dienone is 3. The van der Waals surface area contributed by atoms with Gasteiger partial charge in [-0.2, -0.15) is 0 Å². The Kier molecular flexibility index (Phi) is 7.07. The molecule has 108 valence electrons. The second kappa shape index (κ2) is 9.39. The first-order chi connectivity index (χ1) is 10.4. The van der Waals surface area contributed by atoms with Gasteiger partial charge < -0.3 is 0 Å². The van der Waals surface area contributed by atoms with Crippen LogP contribution in [0.1, 0.15) is 31.7 Å². The van der Waals surface area contributed by atoms with Crippen LogP contribution in [0.15, 0.2) is 77.3 Å². The van der Waals surface area contributed by atoms with E-state index < -0.39 is 0 Å². The summed E-state index contributed by atoms with van der Waals surface area (Å²) in [5.41, 5.74) is 1.28. The first-order valence-corrected chi connectivity index (χ1v) is 9.26. The molecule has 0 aliphatic heterocycles. The quantitative estimate of drug-likeness (QED) is 0.385. The Hall–Kier alpha value is -1.56. The van der Waals surface area contributed by atoms with Gasteiger partial charge in [0.05, 0.1) is 0 Å². The standard InChI is InChI=1S/C20H22Se/c1-2-3-4-9-16-20(17-18-12-7-5-8-13-18)21-19-14-10-6-11-15-19/h5-17H,2-4H2,1H3/b16-9+,20-17-. The summed E-state index contributed by atoms with van der Waals surface area (Å²) in [6.07, 6.45) is 10.7. The maximum atomic E-state index is 2.32. The molecular formula is C20H22Se. The SMILES string of the molecule is CCCC/C=C/C(=C/c1ccccc1)[Se]c1ccccc1. The molecule has 0 N–H and O–H groups in total. The molecule has 2 aromatic carbocycles. The molecule has 0 aliphatic rings. The first kappa shape index (κ1) is 15.8. The van der Waals surface area contributed by atoms with Crippen molar-refractivity contribution in [3.8, 4) is 0 Å². The summed E-state index contributed by atoms with van der Waals surface area (Å²) in [4.78, 5) is 0. The van der Waals surface area contributed by atoms with E-state index in [1.807, 2.05) is 0 Å². The Bertz CT molecular complexity index is 567. The zero-order chi connectivity index (χ0) is 14.8. The Morgan fingerprint density at radius 3 is 2.29 bits per heavy atom. The van der Waals surface area contributed by atoms with E-state index in [-0.39, 0.29) is 0 Å². The van der Waals surface area contributed by atoms with Crippen LogP contribution in [0, 0.1) is 0 Å². The van der Waals surface area contributed by atoms with Crippen molar-refractivity contribution in [2.24, 2.45) is 0 Å². The molecule has 0 bridgehead atoms. The van der Waals surface area contributed by atoms with Gasteiger partial charge in [0.1, 0.15) is 0 Å². The van der Waals surface area contributed by atoms with Crippen molar-refractivity contribution in [1.82, 2.24) is 0 Å². The van der Waals surface area contributed by atoms with Crippen LogP contribution in [0.4, 0.5) is 0 Å². The second-order valence-corrected chi connectivity index (χ2v) is 7.32. The Morgan fingerprint density at radius 2 is 1.62 bits per heavy atom. The molecule has 0 saturated carbocycles. The van der Waals surface area contributed by atoms with Gasteiger partial charge in [-0.25, -0.2) is 0 Å². The molecule has 0 aromatic heterocycles. The second-order valence-electron chi connectivity index (χ2n) is 4.92. The zero-order valence-corrected chi connectivity index (χ0v) is 14.2. The number of unbranched alkanes of at least 4 members (excludes halogenated alkanes) is 2. The number of hydrogen-bond acceptors (Lipinski definition) is 0. The normalized spacial score (nSPS) is 12.0. The number of hydrogen-bond donors (Lipinski definition) is 0. The minimum absolute atomic E-state index is 0.361. The minimum atomic E-state index is 0.361. The molecular weight excluding hydrogens is 319 g/mol. The summed E-state index contributed by atoms with van der Waals surface area (Å²) in [5, 5.41) is 0. The molecule has 2 rings (SSSR count). The molecule has 21 heavy (non-hydrogen) atoms. The molecule has 0 nitrogen and oxygen atoms in total. The van der Waals surface area contributed by atoms with Gasteiger partial charge in [-0.3, -0.25) is 0 Å². The molecule has 0 aliphatic carbocycles. The van der Waals surface area contributed by atoms with E-state index in [1.165, 1.54) is 33.8 Å². The molecule has 0 spiro atoms. The van der Waals surface area contributed by atoms with Crippen LogP contribution in [-0.4, -0.2) is 15.0 Å². The average Bonchev–Trinajstić information content (AvgIpc) is 2.53. The average molecular weight is 341 g/mol. The van der Waals surface area contributed by atoms with Crippen LogP contribution < -0.4 is 4.46 Å². The summed E-state index contributed by atoms with van der Waals surface area (Å²) >= 11 is 0.361. The van der Waals surface area contributed by atoms with Crippen molar-refractivity contribution in [3.05, 3.63) is 82.9 Å². The Morgan fingerprint density at radius 1 is 0.952 bits per heavy atom. The van der Waals surface area contributed by atoms with Gasteiger partial charge in [0.2, 0.25) is 0 Å². The van der Waals surface area contributed by atoms with E-state index in [0.29, 0.717) is 15.0 Å². The van der Waals surface area contributed by atoms with E-state index in [4.69, 9.17) is 0 Å². The van der Waals surface area contributed by atoms with Gasteiger partial charge in [-0.15, -0.1) is 0 Å². The third-order valence-electron chi connectivity index (χ3n) is 3.09. The predicted octanol–water partition coefficient (Wildman–Crippen LogP) is 4.80. The predicted molar refractivity (Wildman–Crippen MR) is 94.9 cm³/mol. The summed E-state index contributed by atoms with van der Waals surface area (Å²) in [6, 6.07) is 21.4. The Labute approximate surface area is 134 Å². The molecule has 0 saturated heterocycles. The molecule has 0 fully saturated rings. The van der Waals surface area contributed by atoms with Gasteiger partial charge in [0.25, 0.3) is 0 Å². The van der Waals surface area contributed by atoms with Gasteiger partial charge in [-0.1, -0.05) is 0 Å². The molecule has 0 atom stereocenters. The number of benzene rings is 2. The zero-order valence-electron chi connectivity index (χ0n) is 12.5. The third-order valence-corrected chi connectivity index (χ3v) is 5.19. The van der Waals surface area contributed by atoms with Crippen molar-refractivity contribution in [3.63, 3.8) is 0 Å². The molecule has 0 radical (unpaired) electrons. The van der Waals surface area contributed by atoms with Crippen LogP contribution in [-0.2, 0) is 0 Å². The third kappa shape index (κ3) is 6.16. The maximum absolute atomic E-state index is 2.32. The van der Waals surface area contributed by atoms with Crippen LogP contribution in [0.5, 0.6) is 0 Å². The molecule has 2 aromatic rings. The van der Waals surface area contributed by atoms with Gasteiger partial charge >= 0.3 is 135 Å². The van der Waals surface area contributed by atoms with E-state index in [2.05, 4.69) is 85.8 Å². The molecule has 0 heterocycles. The summed E-state index contributed by atoms with van der Waals surface area (Å²) < 4.78 is 2.85. The van der Waals surface area contributed by atoms with Gasteiger partial charge in [0.15, 0.2) is 0 Å². The van der Waals surface area contributed by atoms with E-state index in [0.717, 1.165) is 0 Å². The fraction of sp³-hybridized carbons (Fsp3) is 0.200. The van der Waals surface area contributed by atoms with Crippen LogP contribution in [0.25, 0.3) is 6.08 Å². The summed E-state index contributed by atoms with van der Waals surface area (Å²) in [6.45, 7) is 2.24. The summed E-state index contributed by atoms with van der Waals surface area (Å²) in [7, 11) is 0. The summed E-state index contributed by atoms with van der Waals surface area (Å²) in [5.74, 6) is 0. The molecule has 1 heteroatoms. The van der Waals surface area contributed by atoms with Crippen molar-refractivity contribution >= 4 is 25.5 Å². The first-order valence-electron chi connectivity index (χ1n) is 7.54. The van der Waals surface area contributed by atoms with E-state index in [1.54, 1.807) is 0 Å². The fourth-order valence-electron chi connectivity index (χ4n) is 1.97. The number of rotatable bonds is 7. The van der Waals surface area contributed by atoms with Crippen molar-refractivity contribution in [2.45, 2.75) is 26.2 Å². The van der Waals surface area contributed by atoms with Crippen molar-refractivity contribution < 1.29 is 0 Å². The monoisotopic (exact) mass is 342 g/mol. The van der Waals surface area contributed by atoms with Crippen LogP contribution in [0.2, 0.25) is 0 Å². The van der Waals surface area contributed by atoms with E-state index in [9.17, 15) is 0 Å². The van der Waals surface area contributed by atoms with Crippen molar-refractivity contribution in [2.75, 3.05) is 0 Å². The fourth-order valence-corrected chi connectivity index (χ4v) is 3.91. The molecule has 0 amide bonds. The Balaban J connectivity index is 2.14. The van der Waals surface area contributed by atoms with E-state index >= 15 is 0 Å². The molecule has 0 unspecified atom stereocenters.